The lowest BCUT2D eigenvalue weighted by atomic mass is 10.0. The van der Waals surface area contributed by atoms with E-state index >= 15 is 0 Å². The molecule has 3 aliphatic heterocycles. The molecule has 0 spiro atoms. The first-order valence-corrected chi connectivity index (χ1v) is 15.0. The number of pyridine rings is 1. The number of carbonyl (C=O) groups excluding carboxylic acids is 2. The van der Waals surface area contributed by atoms with Gasteiger partial charge in [0.15, 0.2) is 11.5 Å². The van der Waals surface area contributed by atoms with Crippen molar-refractivity contribution in [2.45, 2.75) is 35.9 Å². The molecule has 3 aromatic rings. The number of ether oxygens (including phenoxy) is 3. The van der Waals surface area contributed by atoms with Crippen molar-refractivity contribution in [3.05, 3.63) is 46.8 Å². The van der Waals surface area contributed by atoms with Crippen LogP contribution in [0.2, 0.25) is 0 Å². The van der Waals surface area contributed by atoms with Gasteiger partial charge in [-0.25, -0.2) is 9.59 Å². The van der Waals surface area contributed by atoms with Crippen LogP contribution in [0, 0.1) is 0 Å². The van der Waals surface area contributed by atoms with Crippen molar-refractivity contribution in [3.8, 4) is 11.5 Å². The molecular formula is C29H29N5O8S. The van der Waals surface area contributed by atoms with Gasteiger partial charge in [-0.15, -0.1) is 11.8 Å². The zero-order valence-electron chi connectivity index (χ0n) is 23.2. The van der Waals surface area contributed by atoms with E-state index < -0.39 is 17.7 Å². The molecule has 1 aliphatic carbocycles. The van der Waals surface area contributed by atoms with E-state index in [0.717, 1.165) is 23.4 Å². The van der Waals surface area contributed by atoms with E-state index in [4.69, 9.17) is 19.3 Å². The third-order valence-electron chi connectivity index (χ3n) is 8.07. The summed E-state index contributed by atoms with van der Waals surface area (Å²) >= 11 is 1.47. The first-order valence-electron chi connectivity index (χ1n) is 14.0. The van der Waals surface area contributed by atoms with Crippen LogP contribution in [-0.4, -0.2) is 79.0 Å². The van der Waals surface area contributed by atoms with Crippen LogP contribution < -0.4 is 35.3 Å². The van der Waals surface area contributed by atoms with E-state index in [1.165, 1.54) is 18.0 Å². The number of hydrogen-bond donors (Lipinski definition) is 3. The number of thioether (sulfide) groups is 1. The summed E-state index contributed by atoms with van der Waals surface area (Å²) in [6.45, 7) is 2.25. The molecular weight excluding hydrogens is 578 g/mol. The lowest BCUT2D eigenvalue weighted by Crippen LogP contribution is -2.59. The zero-order valence-corrected chi connectivity index (χ0v) is 24.0. The van der Waals surface area contributed by atoms with E-state index in [0.29, 0.717) is 60.0 Å². The van der Waals surface area contributed by atoms with Gasteiger partial charge in [0.1, 0.15) is 6.10 Å². The second-order valence-electron chi connectivity index (χ2n) is 11.0. The summed E-state index contributed by atoms with van der Waals surface area (Å²) in [5.41, 5.74) is 2.35. The Bertz CT molecular complexity index is 1720. The van der Waals surface area contributed by atoms with Crippen molar-refractivity contribution in [2.75, 3.05) is 54.2 Å². The summed E-state index contributed by atoms with van der Waals surface area (Å²) in [5, 5.41) is 15.8. The molecule has 4 heterocycles. The molecule has 1 saturated carbocycles. The maximum atomic E-state index is 13.0. The molecule has 0 unspecified atom stereocenters. The monoisotopic (exact) mass is 607 g/mol. The van der Waals surface area contributed by atoms with Gasteiger partial charge >= 0.3 is 12.2 Å². The predicted octanol–water partition coefficient (Wildman–Crippen LogP) is 3.25. The number of nitrogens with one attached hydrogen (secondary N) is 2. The molecule has 0 radical (unpaired) electrons. The average Bonchev–Trinajstić information content (AvgIpc) is 3.74. The number of carboxylic acid groups (broad SMARTS) is 1. The largest absolute Gasteiger partial charge is 0.511 e. The molecule has 1 atom stereocenters. The minimum absolute atomic E-state index is 0.0617. The van der Waals surface area contributed by atoms with Crippen molar-refractivity contribution in [1.82, 2.24) is 9.88 Å². The van der Waals surface area contributed by atoms with Gasteiger partial charge in [0.05, 0.1) is 47.9 Å². The van der Waals surface area contributed by atoms with Crippen LogP contribution in [0.25, 0.3) is 10.9 Å². The Hall–Kier alpha value is -4.43. The Labute approximate surface area is 249 Å². The van der Waals surface area contributed by atoms with Crippen LogP contribution in [0.15, 0.2) is 46.2 Å². The van der Waals surface area contributed by atoms with Crippen molar-refractivity contribution >= 4 is 57.9 Å². The highest BCUT2D eigenvalue weighted by Crippen LogP contribution is 2.44. The lowest BCUT2D eigenvalue weighted by molar-refractivity contribution is -0.113. The minimum Gasteiger partial charge on any atom is -0.492 e. The van der Waals surface area contributed by atoms with E-state index in [1.54, 1.807) is 24.1 Å². The predicted molar refractivity (Wildman–Crippen MR) is 159 cm³/mol. The number of methoxy groups -OCH3 is 1. The Morgan fingerprint density at radius 1 is 1.16 bits per heavy atom. The van der Waals surface area contributed by atoms with Gasteiger partial charge < -0.3 is 39.4 Å². The number of benzene rings is 2. The smallest absolute Gasteiger partial charge is 0.492 e. The molecule has 2 amide bonds. The molecule has 43 heavy (non-hydrogen) atoms. The topological polar surface area (TPSA) is 152 Å². The van der Waals surface area contributed by atoms with Crippen molar-refractivity contribution in [2.24, 2.45) is 0 Å². The van der Waals surface area contributed by atoms with Crippen LogP contribution in [0.4, 0.5) is 26.7 Å². The molecule has 14 heteroatoms. The highest BCUT2D eigenvalue weighted by atomic mass is 32.2. The van der Waals surface area contributed by atoms with Crippen LogP contribution >= 0.6 is 11.8 Å². The Morgan fingerprint density at radius 2 is 1.98 bits per heavy atom. The molecule has 2 aromatic carbocycles. The van der Waals surface area contributed by atoms with Gasteiger partial charge in [0.25, 0.3) is 0 Å². The van der Waals surface area contributed by atoms with E-state index in [2.05, 4.69) is 15.5 Å². The number of hydrogen-bond acceptors (Lipinski definition) is 10. The summed E-state index contributed by atoms with van der Waals surface area (Å²) in [6, 6.07) is 9.38. The fourth-order valence-corrected chi connectivity index (χ4v) is 6.61. The number of cyclic esters (lactones) is 1. The van der Waals surface area contributed by atoms with Gasteiger partial charge in [-0.1, -0.05) is 0 Å². The van der Waals surface area contributed by atoms with E-state index in [-0.39, 0.29) is 29.8 Å². The first-order chi connectivity index (χ1) is 20.8. The van der Waals surface area contributed by atoms with Gasteiger partial charge in [-0.3, -0.25) is 14.5 Å². The second kappa shape index (κ2) is 10.7. The molecule has 2 saturated heterocycles. The summed E-state index contributed by atoms with van der Waals surface area (Å²) in [7, 11) is 1.56. The number of anilines is 3. The van der Waals surface area contributed by atoms with Crippen LogP contribution in [0.1, 0.15) is 18.9 Å². The number of aromatic nitrogens is 1. The van der Waals surface area contributed by atoms with E-state index in [1.807, 2.05) is 22.8 Å². The van der Waals surface area contributed by atoms with E-state index in [9.17, 15) is 19.2 Å². The second-order valence-corrected chi connectivity index (χ2v) is 12.0. The quantitative estimate of drug-likeness (QED) is 0.324. The molecule has 3 fully saturated rings. The maximum absolute atomic E-state index is 13.0. The zero-order chi connectivity index (χ0) is 29.8. The molecule has 0 bridgehead atoms. The van der Waals surface area contributed by atoms with Crippen molar-refractivity contribution in [3.63, 3.8) is 0 Å². The Balaban J connectivity index is 1.01. The minimum atomic E-state index is -1.53. The van der Waals surface area contributed by atoms with Crippen molar-refractivity contribution in [1.29, 1.82) is 0 Å². The molecule has 7 rings (SSSR count). The maximum Gasteiger partial charge on any atom is 0.511 e. The highest BCUT2D eigenvalue weighted by molar-refractivity contribution is 8.00. The molecule has 13 nitrogen and oxygen atoms in total. The fraction of sp³-hybridized carbons (Fsp3) is 0.379. The van der Waals surface area contributed by atoms with Crippen LogP contribution in [-0.2, 0) is 9.53 Å². The standard InChI is InChI=1S/C29H29N5O8S/c1-40-27-21(6-5-19-25(27)33(16-2-3-16)13-22(26(19)36)42-29(38)39)32-10-15(11-32)30-9-18-12-34(28(37)41-18)17-4-7-23-20(8-17)31-24(35)14-43-23/h4-8,13,15-16,18,30H,2-3,9-12,14H2,1H3,(H,31,35)(H,38,39)/t18-/m1/s1. The average molecular weight is 608 g/mol. The van der Waals surface area contributed by atoms with Gasteiger partial charge in [0.2, 0.25) is 11.3 Å². The van der Waals surface area contributed by atoms with Gasteiger partial charge in [-0.05, 0) is 43.2 Å². The van der Waals surface area contributed by atoms with Crippen molar-refractivity contribution < 1.29 is 33.7 Å². The molecule has 3 N–H and O–H groups in total. The third kappa shape index (κ3) is 5.10. The third-order valence-corrected chi connectivity index (χ3v) is 9.15. The number of carbonyl (C=O) groups is 3. The molecule has 4 aliphatic rings. The number of nitrogens with zero attached hydrogens (tertiary/aromatic N) is 3. The van der Waals surface area contributed by atoms with Crippen LogP contribution in [0.3, 0.4) is 0 Å². The molecule has 1 aromatic heterocycles. The van der Waals surface area contributed by atoms with Crippen LogP contribution in [0.5, 0.6) is 11.5 Å². The van der Waals surface area contributed by atoms with Gasteiger partial charge in [-0.2, -0.15) is 0 Å². The first kappa shape index (κ1) is 27.4. The Kier molecular flexibility index (Phi) is 6.81. The Morgan fingerprint density at radius 3 is 2.72 bits per heavy atom. The van der Waals surface area contributed by atoms with Gasteiger partial charge in [0, 0.05) is 42.3 Å². The summed E-state index contributed by atoms with van der Waals surface area (Å²) < 4.78 is 18.1. The summed E-state index contributed by atoms with van der Waals surface area (Å²) in [4.78, 5) is 53.3. The highest BCUT2D eigenvalue weighted by Gasteiger charge is 2.36. The normalized spacial score (nSPS) is 20.0. The molecule has 224 valence electrons. The fourth-order valence-electron chi connectivity index (χ4n) is 5.82. The number of amides is 2. The number of fused-ring (bicyclic) bond motifs is 2. The summed E-state index contributed by atoms with van der Waals surface area (Å²) in [6.07, 6.45) is 1.02. The SMILES string of the molecule is COc1c(N2CC(NC[C@@H]3CN(c4ccc5c(c4)NC(=O)CS5)C(=O)O3)C2)ccc2c(=O)c(OC(=O)O)cn(C3CC3)c12. The summed E-state index contributed by atoms with van der Waals surface area (Å²) in [5.74, 6) is 0.651. The number of rotatable bonds is 8. The lowest BCUT2D eigenvalue weighted by Gasteiger charge is -2.42.